The summed E-state index contributed by atoms with van der Waals surface area (Å²) in [7, 11) is 0. The van der Waals surface area contributed by atoms with E-state index in [4.69, 9.17) is 4.74 Å². The van der Waals surface area contributed by atoms with Crippen LogP contribution in [-0.4, -0.2) is 44.2 Å². The highest BCUT2D eigenvalue weighted by molar-refractivity contribution is 9.10. The molecule has 20 heavy (non-hydrogen) atoms. The van der Waals surface area contributed by atoms with Gasteiger partial charge in [-0.05, 0) is 57.0 Å². The van der Waals surface area contributed by atoms with Gasteiger partial charge in [-0.15, -0.1) is 5.10 Å². The highest BCUT2D eigenvalue weighted by atomic mass is 79.9. The maximum absolute atomic E-state index is 12.2. The minimum Gasteiger partial charge on any atom is -0.444 e. The van der Waals surface area contributed by atoms with Gasteiger partial charge < -0.3 is 9.64 Å². The van der Waals surface area contributed by atoms with Gasteiger partial charge in [0.1, 0.15) is 5.60 Å². The largest absolute Gasteiger partial charge is 0.444 e. The van der Waals surface area contributed by atoms with Crippen LogP contribution in [0.3, 0.4) is 0 Å². The first-order valence-corrected chi connectivity index (χ1v) is 7.55. The van der Waals surface area contributed by atoms with Crippen LogP contribution in [0.4, 0.5) is 4.79 Å². The van der Waals surface area contributed by atoms with E-state index in [0.29, 0.717) is 6.54 Å². The van der Waals surface area contributed by atoms with E-state index < -0.39 is 5.60 Å². The average Bonchev–Trinajstić information content (AvgIpc) is 2.82. The Balaban J connectivity index is 2.09. The zero-order chi connectivity index (χ0) is 15.1. The van der Waals surface area contributed by atoms with E-state index in [2.05, 4.69) is 26.2 Å². The molecule has 2 atom stereocenters. The van der Waals surface area contributed by atoms with Crippen LogP contribution in [0.5, 0.6) is 0 Å². The summed E-state index contributed by atoms with van der Waals surface area (Å²) in [4.78, 5) is 14.0. The van der Waals surface area contributed by atoms with E-state index in [1.807, 2.05) is 39.3 Å². The molecule has 0 saturated carbocycles. The topological polar surface area (TPSA) is 60.2 Å². The van der Waals surface area contributed by atoms with Crippen LogP contribution in [-0.2, 0) is 4.74 Å². The Hall–Kier alpha value is -1.11. The van der Waals surface area contributed by atoms with Crippen molar-refractivity contribution in [2.45, 2.75) is 58.7 Å². The molecule has 1 aromatic heterocycles. The fourth-order valence-corrected chi connectivity index (χ4v) is 2.68. The second kappa shape index (κ2) is 5.35. The third-order valence-electron chi connectivity index (χ3n) is 3.40. The van der Waals surface area contributed by atoms with Crippen LogP contribution in [0.25, 0.3) is 0 Å². The number of halogens is 1. The van der Waals surface area contributed by atoms with Crippen LogP contribution in [0.2, 0.25) is 0 Å². The molecule has 0 aliphatic carbocycles. The number of nitrogens with zero attached hydrogens (tertiary/aromatic N) is 4. The summed E-state index contributed by atoms with van der Waals surface area (Å²) < 4.78 is 8.07. The van der Waals surface area contributed by atoms with Gasteiger partial charge in [0.25, 0.3) is 0 Å². The molecule has 2 heterocycles. The fraction of sp³-hybridized carbons (Fsp3) is 0.769. The molecule has 0 radical (unpaired) electrons. The van der Waals surface area contributed by atoms with E-state index in [-0.39, 0.29) is 18.2 Å². The molecular formula is C13H21BrN4O2. The number of hydrogen-bond acceptors (Lipinski definition) is 4. The lowest BCUT2D eigenvalue weighted by Crippen LogP contribution is -2.39. The Labute approximate surface area is 127 Å². The second-order valence-corrected chi connectivity index (χ2v) is 7.03. The average molecular weight is 345 g/mol. The van der Waals surface area contributed by atoms with E-state index >= 15 is 0 Å². The SMILES string of the molecule is Cc1c(Br)nnn1C1CC(C)N(C(=O)OC(C)(C)C)C1. The molecule has 1 saturated heterocycles. The normalized spacial score (nSPS) is 23.2. The van der Waals surface area contributed by atoms with Crippen molar-refractivity contribution in [3.05, 3.63) is 10.3 Å². The van der Waals surface area contributed by atoms with Crippen molar-refractivity contribution in [1.29, 1.82) is 0 Å². The molecule has 2 unspecified atom stereocenters. The summed E-state index contributed by atoms with van der Waals surface area (Å²) in [5.41, 5.74) is 0.509. The van der Waals surface area contributed by atoms with Crippen LogP contribution in [0, 0.1) is 6.92 Å². The fourth-order valence-electron chi connectivity index (χ4n) is 2.42. The first-order valence-electron chi connectivity index (χ1n) is 6.76. The zero-order valence-electron chi connectivity index (χ0n) is 12.6. The van der Waals surface area contributed by atoms with Crippen molar-refractivity contribution in [3.8, 4) is 0 Å². The van der Waals surface area contributed by atoms with E-state index in [1.54, 1.807) is 4.90 Å². The van der Waals surface area contributed by atoms with Gasteiger partial charge in [0.15, 0.2) is 4.60 Å². The first kappa shape index (κ1) is 15.3. The molecule has 7 heteroatoms. The number of ether oxygens (including phenoxy) is 1. The summed E-state index contributed by atoms with van der Waals surface area (Å²) in [6.45, 7) is 10.2. The van der Waals surface area contributed by atoms with Crippen LogP contribution < -0.4 is 0 Å². The summed E-state index contributed by atoms with van der Waals surface area (Å²) in [5, 5.41) is 8.15. The Kier molecular flexibility index (Phi) is 4.09. The minimum atomic E-state index is -0.471. The monoisotopic (exact) mass is 344 g/mol. The maximum Gasteiger partial charge on any atom is 0.410 e. The van der Waals surface area contributed by atoms with E-state index in [1.165, 1.54) is 0 Å². The lowest BCUT2D eigenvalue weighted by molar-refractivity contribution is 0.0233. The van der Waals surface area contributed by atoms with Crippen LogP contribution in [0.1, 0.15) is 45.9 Å². The molecule has 2 rings (SSSR count). The van der Waals surface area contributed by atoms with Crippen molar-refractivity contribution in [3.63, 3.8) is 0 Å². The molecular weight excluding hydrogens is 324 g/mol. The van der Waals surface area contributed by atoms with E-state index in [9.17, 15) is 4.79 Å². The van der Waals surface area contributed by atoms with Crippen molar-refractivity contribution in [2.24, 2.45) is 0 Å². The molecule has 0 N–H and O–H groups in total. The number of carbonyl (C=O) groups excluding carboxylic acids is 1. The second-order valence-electron chi connectivity index (χ2n) is 6.28. The molecule has 6 nitrogen and oxygen atoms in total. The number of rotatable bonds is 1. The number of hydrogen-bond donors (Lipinski definition) is 0. The third-order valence-corrected chi connectivity index (χ3v) is 4.13. The predicted octanol–water partition coefficient (Wildman–Crippen LogP) is 2.92. The standard InChI is InChI=1S/C13H21BrN4O2/c1-8-6-10(18-9(2)11(14)15-16-18)7-17(8)12(19)20-13(3,4)5/h8,10H,6-7H2,1-5H3. The molecule has 0 aromatic carbocycles. The summed E-state index contributed by atoms with van der Waals surface area (Å²) in [6.07, 6.45) is 0.597. The number of amides is 1. The smallest absolute Gasteiger partial charge is 0.410 e. The van der Waals surface area contributed by atoms with Crippen molar-refractivity contribution in [2.75, 3.05) is 6.54 Å². The molecule has 1 aliphatic rings. The zero-order valence-corrected chi connectivity index (χ0v) is 14.1. The minimum absolute atomic E-state index is 0.136. The maximum atomic E-state index is 12.2. The van der Waals surface area contributed by atoms with Gasteiger partial charge in [0.05, 0.1) is 11.7 Å². The first-order chi connectivity index (χ1) is 9.19. The van der Waals surface area contributed by atoms with Gasteiger partial charge in [-0.2, -0.15) is 0 Å². The van der Waals surface area contributed by atoms with Crippen LogP contribution in [0.15, 0.2) is 4.60 Å². The third kappa shape index (κ3) is 3.13. The molecule has 1 fully saturated rings. The number of carbonyl (C=O) groups is 1. The molecule has 1 aromatic rings. The lowest BCUT2D eigenvalue weighted by Gasteiger charge is -2.26. The van der Waals surface area contributed by atoms with Gasteiger partial charge in [0.2, 0.25) is 0 Å². The van der Waals surface area contributed by atoms with Crippen molar-refractivity contribution >= 4 is 22.0 Å². The molecule has 112 valence electrons. The van der Waals surface area contributed by atoms with Gasteiger partial charge in [-0.3, -0.25) is 0 Å². The number of likely N-dealkylation sites (tertiary alicyclic amines) is 1. The highest BCUT2D eigenvalue weighted by Gasteiger charge is 2.37. The van der Waals surface area contributed by atoms with E-state index in [0.717, 1.165) is 16.7 Å². The molecule has 0 bridgehead atoms. The Bertz CT molecular complexity index is 509. The number of aromatic nitrogens is 3. The van der Waals surface area contributed by atoms with Gasteiger partial charge in [-0.1, -0.05) is 5.21 Å². The van der Waals surface area contributed by atoms with Gasteiger partial charge in [0, 0.05) is 12.6 Å². The summed E-state index contributed by atoms with van der Waals surface area (Å²) in [6, 6.07) is 0.286. The molecule has 1 amide bonds. The summed E-state index contributed by atoms with van der Waals surface area (Å²) >= 11 is 3.36. The lowest BCUT2D eigenvalue weighted by atomic mass is 10.2. The Morgan fingerprint density at radius 2 is 2.10 bits per heavy atom. The summed E-state index contributed by atoms with van der Waals surface area (Å²) in [5.74, 6) is 0. The Morgan fingerprint density at radius 1 is 1.45 bits per heavy atom. The highest BCUT2D eigenvalue weighted by Crippen LogP contribution is 2.30. The van der Waals surface area contributed by atoms with Gasteiger partial charge >= 0.3 is 6.09 Å². The van der Waals surface area contributed by atoms with Crippen LogP contribution >= 0.6 is 15.9 Å². The predicted molar refractivity (Wildman–Crippen MR) is 78.5 cm³/mol. The van der Waals surface area contributed by atoms with Gasteiger partial charge in [-0.25, -0.2) is 9.48 Å². The molecule has 0 spiro atoms. The van der Waals surface area contributed by atoms with Crippen molar-refractivity contribution < 1.29 is 9.53 Å². The van der Waals surface area contributed by atoms with Crippen molar-refractivity contribution in [1.82, 2.24) is 19.9 Å². The quantitative estimate of drug-likeness (QED) is 0.785. The molecule has 1 aliphatic heterocycles. The Morgan fingerprint density at radius 3 is 2.60 bits per heavy atom.